The summed E-state index contributed by atoms with van der Waals surface area (Å²) >= 11 is 19.5. The first-order valence-electron chi connectivity index (χ1n) is 35.8. The Kier molecular flexibility index (Phi) is 32.2. The summed E-state index contributed by atoms with van der Waals surface area (Å²) in [5.41, 5.74) is -6.78. The van der Waals surface area contributed by atoms with Crippen LogP contribution < -0.4 is 48.3 Å². The first kappa shape index (κ1) is 91.7. The molecule has 0 amide bonds. The molecule has 11 aromatic rings. The maximum Gasteiger partial charge on any atom is 0.339 e. The van der Waals surface area contributed by atoms with E-state index in [1.165, 1.54) is 57.7 Å². The van der Waals surface area contributed by atoms with Gasteiger partial charge in [0, 0.05) is 26.8 Å². The molecule has 2 aromatic heterocycles. The smallest absolute Gasteiger partial charge is 0.339 e. The molecular weight excluding hydrogens is 1970 g/mol. The lowest BCUT2D eigenvalue weighted by Gasteiger charge is -2.19. The number of aliphatic hydroxyl groups is 6. The molecule has 0 bridgehead atoms. The first-order chi connectivity index (χ1) is 57.2. The number of aliphatic hydroxyl groups excluding tert-OH is 6. The second-order valence-corrected chi connectivity index (χ2v) is 31.7. The standard InChI is InChI=1S/C48H45N3O15.C33H27Br6N3O12/c1-61-34-13-16-37-28(19-34)7-4-10-40(37)43(55)64-25-31(52)22-49-46(58)50(23-32(53)26-65-44(56)41-11-5-8-29-20-35(62-2)14-17-38(29)41)48(60)51(47(49)59)24-33(54)27-66-45(57)42-12-6-9-30-21-36(63-3)15-18-39(30)42;34-16-1-4-22(25(37)7-16)28(46)52-13-19(43)10-40-31(49)41(11-20(44)14-53-29(47)23-5-2-17(35)8-26(23)38)33(51)42(32(40)50)12-21(45)15-54-30(48)24-6-3-18(36)9-27(24)39/h4-21,31-33,52-54H,22-27H2,1-3H3;1-9,19-21,43-45H,10-15H2. The number of hydrogen-bond acceptors (Lipinski definition) is 27. The number of nitrogens with zero attached hydrogens (tertiary/aromatic N) is 6. The van der Waals surface area contributed by atoms with Crippen molar-refractivity contribution in [1.82, 2.24) is 27.4 Å². The van der Waals surface area contributed by atoms with Crippen LogP contribution in [-0.2, 0) is 67.7 Å². The van der Waals surface area contributed by atoms with E-state index in [2.05, 4.69) is 95.6 Å². The third-order valence-corrected chi connectivity index (χ3v) is 21.4. The van der Waals surface area contributed by atoms with E-state index in [0.29, 0.717) is 104 Å². The maximum absolute atomic E-state index is 13.9. The molecule has 11 rings (SSSR count). The van der Waals surface area contributed by atoms with Crippen LogP contribution >= 0.6 is 95.6 Å². The monoisotopic (exact) mass is 2030 g/mol. The molecule has 630 valence electrons. The van der Waals surface area contributed by atoms with Crippen LogP contribution in [0.3, 0.4) is 0 Å². The van der Waals surface area contributed by atoms with Crippen LogP contribution in [0.15, 0.2) is 219 Å². The molecule has 0 spiro atoms. The minimum absolute atomic E-state index is 0.128. The van der Waals surface area contributed by atoms with Gasteiger partial charge < -0.3 is 73.3 Å². The fraction of sp³-hybridized carbons (Fsp3) is 0.259. The Hall–Kier alpha value is -10.6. The first-order valence-corrected chi connectivity index (χ1v) is 40.6. The molecule has 0 aliphatic rings. The van der Waals surface area contributed by atoms with Gasteiger partial charge in [0.15, 0.2) is 0 Å². The number of aromatic nitrogens is 6. The van der Waals surface area contributed by atoms with Crippen molar-refractivity contribution >= 4 is 164 Å². The predicted octanol–water partition coefficient (Wildman–Crippen LogP) is 7.71. The molecule has 120 heavy (non-hydrogen) atoms. The molecule has 0 aliphatic carbocycles. The molecule has 2 heterocycles. The molecule has 6 atom stereocenters. The number of esters is 6. The van der Waals surface area contributed by atoms with E-state index >= 15 is 0 Å². The molecule has 0 radical (unpaired) electrons. The number of hydrogen-bond donors (Lipinski definition) is 6. The number of carbonyl (C=O) groups excluding carboxylic acids is 6. The Bertz CT molecular complexity index is 5470. The van der Waals surface area contributed by atoms with Gasteiger partial charge in [-0.15, -0.1) is 0 Å². The lowest BCUT2D eigenvalue weighted by molar-refractivity contribution is 0.0162. The van der Waals surface area contributed by atoms with Gasteiger partial charge in [0.05, 0.1) is 94.0 Å². The summed E-state index contributed by atoms with van der Waals surface area (Å²) in [7, 11) is 4.51. The number of halogens is 6. The van der Waals surface area contributed by atoms with Gasteiger partial charge in [0.25, 0.3) is 0 Å². The third-order valence-electron chi connectivity index (χ3n) is 17.9. The second-order valence-electron chi connectivity index (χ2n) is 26.4. The van der Waals surface area contributed by atoms with Crippen molar-refractivity contribution in [1.29, 1.82) is 0 Å². The van der Waals surface area contributed by atoms with Gasteiger partial charge in [0.1, 0.15) is 93.5 Å². The number of ether oxygens (including phenoxy) is 9. The van der Waals surface area contributed by atoms with Crippen molar-refractivity contribution in [2.75, 3.05) is 61.0 Å². The van der Waals surface area contributed by atoms with E-state index < -0.39 is 185 Å². The van der Waals surface area contributed by atoms with Crippen LogP contribution in [0.4, 0.5) is 0 Å². The highest BCUT2D eigenvalue weighted by molar-refractivity contribution is 9.11. The lowest BCUT2D eigenvalue weighted by Crippen LogP contribution is -2.57. The second kappa shape index (κ2) is 42.1. The zero-order valence-corrected chi connectivity index (χ0v) is 72.8. The fourth-order valence-electron chi connectivity index (χ4n) is 12.0. The average molecular weight is 2040 g/mol. The van der Waals surface area contributed by atoms with Crippen LogP contribution in [0, 0.1) is 0 Å². The minimum Gasteiger partial charge on any atom is -0.497 e. The van der Waals surface area contributed by atoms with Gasteiger partial charge in [0.2, 0.25) is 0 Å². The average Bonchev–Trinajstić information content (AvgIpc) is 0.878. The van der Waals surface area contributed by atoms with Crippen molar-refractivity contribution in [2.24, 2.45) is 0 Å². The van der Waals surface area contributed by atoms with Crippen molar-refractivity contribution in [3.63, 3.8) is 0 Å². The third kappa shape index (κ3) is 23.1. The number of methoxy groups -OCH3 is 3. The molecule has 0 saturated carbocycles. The number of rotatable bonds is 33. The quantitative estimate of drug-likeness (QED) is 0.0169. The van der Waals surface area contributed by atoms with Gasteiger partial charge >= 0.3 is 70.0 Å². The number of fused-ring (bicyclic) bond motifs is 3. The van der Waals surface area contributed by atoms with E-state index in [0.717, 1.165) is 0 Å². The molecule has 0 aliphatic heterocycles. The van der Waals surface area contributed by atoms with Crippen LogP contribution in [0.25, 0.3) is 32.3 Å². The van der Waals surface area contributed by atoms with Crippen molar-refractivity contribution in [3.8, 4) is 17.2 Å². The van der Waals surface area contributed by atoms with E-state index in [-0.39, 0.29) is 33.4 Å². The van der Waals surface area contributed by atoms with Gasteiger partial charge in [-0.3, -0.25) is 0 Å². The highest BCUT2D eigenvalue weighted by Crippen LogP contribution is 2.30. The molecule has 0 saturated heterocycles. The van der Waals surface area contributed by atoms with Crippen LogP contribution in [0.2, 0.25) is 0 Å². The maximum atomic E-state index is 13.9. The predicted molar refractivity (Wildman–Crippen MR) is 453 cm³/mol. The van der Waals surface area contributed by atoms with E-state index in [1.54, 1.807) is 127 Å². The summed E-state index contributed by atoms with van der Waals surface area (Å²) in [4.78, 5) is 160. The fourth-order valence-corrected chi connectivity index (χ4v) is 15.7. The van der Waals surface area contributed by atoms with Crippen molar-refractivity contribution < 1.29 is 102 Å². The SMILES string of the molecule is COc1ccc2c(C(=O)OCC(O)Cn3c(=O)n(CC(O)COC(=O)c4cccc5cc(OC)ccc45)c(=O)n(CC(O)COC(=O)c4cccc5cc(OC)ccc45)c3=O)cccc2c1.O=C(OCC(O)Cn1c(=O)n(CC(O)COC(=O)c2ccc(Br)cc2Br)c(=O)n(CC(O)COC(=O)c2ccc(Br)cc2Br)c1=O)c1ccc(Br)cc1Br. The number of benzene rings is 9. The van der Waals surface area contributed by atoms with Gasteiger partial charge in [-0.25, -0.2) is 84.9 Å². The molecule has 0 fully saturated rings. The van der Waals surface area contributed by atoms with E-state index in [9.17, 15) is 88.2 Å². The highest BCUT2D eigenvalue weighted by atomic mass is 79.9. The summed E-state index contributed by atoms with van der Waals surface area (Å²) in [6.07, 6.45) is -10.0. The highest BCUT2D eigenvalue weighted by Gasteiger charge is 2.29. The molecule has 33 nitrogen and oxygen atoms in total. The molecular formula is C81H72Br6N6O27. The Morgan fingerprint density at radius 1 is 0.275 bits per heavy atom. The van der Waals surface area contributed by atoms with Crippen molar-refractivity contribution in [2.45, 2.75) is 75.9 Å². The largest absolute Gasteiger partial charge is 0.497 e. The summed E-state index contributed by atoms with van der Waals surface area (Å²) in [5, 5.41) is 69.0. The van der Waals surface area contributed by atoms with Crippen LogP contribution in [0.5, 0.6) is 17.2 Å². The normalized spacial score (nSPS) is 12.7. The Morgan fingerprint density at radius 2 is 0.475 bits per heavy atom. The Balaban J connectivity index is 0.000000258. The zero-order chi connectivity index (χ0) is 86.9. The topological polar surface area (TPSA) is 439 Å². The molecule has 9 aromatic carbocycles. The summed E-state index contributed by atoms with van der Waals surface area (Å²) in [6.45, 7) is -8.96. The van der Waals surface area contributed by atoms with Crippen LogP contribution in [-0.4, -0.2) is 191 Å². The molecule has 6 unspecified atom stereocenters. The van der Waals surface area contributed by atoms with Crippen molar-refractivity contribution in [3.05, 3.63) is 287 Å². The number of carbonyl (C=O) groups is 6. The Morgan fingerprint density at radius 3 is 0.667 bits per heavy atom. The lowest BCUT2D eigenvalue weighted by atomic mass is 10.0. The van der Waals surface area contributed by atoms with E-state index in [1.807, 2.05) is 0 Å². The van der Waals surface area contributed by atoms with Gasteiger partial charge in [-0.2, -0.15) is 0 Å². The van der Waals surface area contributed by atoms with Gasteiger partial charge in [-0.05, 0) is 208 Å². The Labute approximate surface area is 728 Å². The van der Waals surface area contributed by atoms with Gasteiger partial charge in [-0.1, -0.05) is 84.2 Å². The van der Waals surface area contributed by atoms with E-state index in [4.69, 9.17) is 42.6 Å². The summed E-state index contributed by atoms with van der Waals surface area (Å²) < 4.78 is 53.4. The van der Waals surface area contributed by atoms with Crippen LogP contribution in [0.1, 0.15) is 62.1 Å². The minimum atomic E-state index is -1.69. The molecule has 39 heteroatoms. The summed E-state index contributed by atoms with van der Waals surface area (Å²) in [5.74, 6) is -3.25. The molecule has 6 N–H and O–H groups in total. The summed E-state index contributed by atoms with van der Waals surface area (Å²) in [6, 6.07) is 43.9. The zero-order valence-electron chi connectivity index (χ0n) is 63.2.